The van der Waals surface area contributed by atoms with Gasteiger partial charge >= 0.3 is 5.97 Å². The van der Waals surface area contributed by atoms with Crippen LogP contribution in [0.4, 0.5) is 0 Å². The third-order valence-corrected chi connectivity index (χ3v) is 3.19. The smallest absolute Gasteiger partial charge is 0.339 e. The van der Waals surface area contributed by atoms with E-state index in [1.807, 2.05) is 36.4 Å². The molecule has 0 aliphatic rings. The third kappa shape index (κ3) is 3.23. The number of benzene rings is 2. The summed E-state index contributed by atoms with van der Waals surface area (Å²) in [4.78, 5) is 11.0. The summed E-state index contributed by atoms with van der Waals surface area (Å²) >= 11 is 3.14. The predicted octanol–water partition coefficient (Wildman–Crippen LogP) is 4.02. The van der Waals surface area contributed by atoms with E-state index in [2.05, 4.69) is 15.9 Å². The molecule has 0 aromatic heterocycles. The van der Waals surface area contributed by atoms with E-state index < -0.39 is 5.97 Å². The zero-order valence-electron chi connectivity index (χ0n) is 9.88. The van der Waals surface area contributed by atoms with Crippen molar-refractivity contribution in [3.63, 3.8) is 0 Å². The lowest BCUT2D eigenvalue weighted by atomic mass is 10.1. The third-order valence-electron chi connectivity index (χ3n) is 2.58. The summed E-state index contributed by atoms with van der Waals surface area (Å²) in [6.45, 7) is 0. The van der Waals surface area contributed by atoms with Crippen LogP contribution >= 0.6 is 15.9 Å². The molecule has 0 aliphatic carbocycles. The van der Waals surface area contributed by atoms with E-state index in [9.17, 15) is 9.90 Å². The topological polar surface area (TPSA) is 57.5 Å². The van der Waals surface area contributed by atoms with E-state index >= 15 is 0 Å². The Morgan fingerprint density at radius 3 is 2.32 bits per heavy atom. The van der Waals surface area contributed by atoms with Crippen molar-refractivity contribution in [3.8, 4) is 5.75 Å². The maximum absolute atomic E-state index is 11.0. The fourth-order valence-electron chi connectivity index (χ4n) is 1.64. The average molecular weight is 319 g/mol. The van der Waals surface area contributed by atoms with Crippen LogP contribution in [0, 0.1) is 0 Å². The Kier molecular flexibility index (Phi) is 4.02. The molecule has 19 heavy (non-hydrogen) atoms. The molecule has 0 saturated heterocycles. The van der Waals surface area contributed by atoms with Gasteiger partial charge in [-0.15, -0.1) is 0 Å². The minimum atomic E-state index is -1.16. The van der Waals surface area contributed by atoms with Gasteiger partial charge in [0, 0.05) is 0 Å². The van der Waals surface area contributed by atoms with Crippen molar-refractivity contribution in [1.82, 2.24) is 0 Å². The number of aromatic hydroxyl groups is 1. The quantitative estimate of drug-likeness (QED) is 0.840. The maximum atomic E-state index is 11.0. The predicted molar refractivity (Wildman–Crippen MR) is 78.1 cm³/mol. The second-order valence-corrected chi connectivity index (χ2v) is 4.80. The van der Waals surface area contributed by atoms with Gasteiger partial charge in [-0.05, 0) is 39.2 Å². The molecule has 96 valence electrons. The zero-order chi connectivity index (χ0) is 13.8. The summed E-state index contributed by atoms with van der Waals surface area (Å²) in [5.74, 6) is -1.42. The van der Waals surface area contributed by atoms with E-state index in [0.29, 0.717) is 10.0 Å². The van der Waals surface area contributed by atoms with Crippen LogP contribution in [0.2, 0.25) is 0 Å². The molecule has 2 aromatic carbocycles. The molecule has 0 unspecified atom stereocenters. The summed E-state index contributed by atoms with van der Waals surface area (Å²) < 4.78 is 0.361. The van der Waals surface area contributed by atoms with Crippen molar-refractivity contribution in [1.29, 1.82) is 0 Å². The van der Waals surface area contributed by atoms with E-state index in [1.165, 1.54) is 6.07 Å². The van der Waals surface area contributed by atoms with Crippen LogP contribution in [0.3, 0.4) is 0 Å². The first kappa shape index (κ1) is 13.4. The molecule has 2 rings (SSSR count). The Balaban J connectivity index is 2.36. The van der Waals surface area contributed by atoms with Crippen LogP contribution in [0.25, 0.3) is 12.2 Å². The Bertz CT molecular complexity index is 633. The van der Waals surface area contributed by atoms with Crippen molar-refractivity contribution in [2.24, 2.45) is 0 Å². The molecule has 0 radical (unpaired) electrons. The van der Waals surface area contributed by atoms with Gasteiger partial charge in [0.05, 0.1) is 4.47 Å². The number of hydrogen-bond donors (Lipinski definition) is 2. The van der Waals surface area contributed by atoms with Crippen molar-refractivity contribution >= 4 is 34.1 Å². The zero-order valence-corrected chi connectivity index (χ0v) is 11.5. The standard InChI is InChI=1S/C15H11BrO3/c16-13-9-11(8-12(14(13)17)15(18)19)7-6-10-4-2-1-3-5-10/h1-9,17H,(H,18,19)/b7-6+. The fourth-order valence-corrected chi connectivity index (χ4v) is 2.11. The molecule has 0 amide bonds. The van der Waals surface area contributed by atoms with Crippen LogP contribution in [0.5, 0.6) is 5.75 Å². The van der Waals surface area contributed by atoms with Gasteiger partial charge in [0.1, 0.15) is 11.3 Å². The summed E-state index contributed by atoms with van der Waals surface area (Å²) in [6.07, 6.45) is 3.68. The number of carboxylic acid groups (broad SMARTS) is 1. The first-order valence-electron chi connectivity index (χ1n) is 5.57. The molecule has 4 heteroatoms. The Morgan fingerprint density at radius 2 is 1.68 bits per heavy atom. The summed E-state index contributed by atoms with van der Waals surface area (Å²) in [6, 6.07) is 12.8. The largest absolute Gasteiger partial charge is 0.506 e. The second kappa shape index (κ2) is 5.71. The number of rotatable bonds is 3. The van der Waals surface area contributed by atoms with Gasteiger partial charge in [-0.2, -0.15) is 0 Å². The first-order valence-corrected chi connectivity index (χ1v) is 6.36. The van der Waals surface area contributed by atoms with Gasteiger partial charge in [0.15, 0.2) is 0 Å². The van der Waals surface area contributed by atoms with Crippen LogP contribution in [-0.4, -0.2) is 16.2 Å². The number of aromatic carboxylic acids is 1. The Hall–Kier alpha value is -2.07. The minimum absolute atomic E-state index is 0.123. The summed E-state index contributed by atoms with van der Waals surface area (Å²) in [5.41, 5.74) is 1.59. The Labute approximate surface area is 119 Å². The molecule has 0 aliphatic heterocycles. The number of carbonyl (C=O) groups is 1. The summed E-state index contributed by atoms with van der Waals surface area (Å²) in [7, 11) is 0. The highest BCUT2D eigenvalue weighted by Crippen LogP contribution is 2.30. The molecule has 2 aromatic rings. The molecule has 0 saturated carbocycles. The highest BCUT2D eigenvalue weighted by Gasteiger charge is 2.13. The van der Waals surface area contributed by atoms with Gasteiger partial charge in [-0.25, -0.2) is 4.79 Å². The first-order chi connectivity index (χ1) is 9.08. The number of hydrogen-bond acceptors (Lipinski definition) is 2. The lowest BCUT2D eigenvalue weighted by Gasteiger charge is -2.04. The molecule has 0 bridgehead atoms. The second-order valence-electron chi connectivity index (χ2n) is 3.95. The van der Waals surface area contributed by atoms with E-state index in [0.717, 1.165) is 5.56 Å². The number of phenols is 1. The minimum Gasteiger partial charge on any atom is -0.506 e. The van der Waals surface area contributed by atoms with Crippen molar-refractivity contribution in [2.75, 3.05) is 0 Å². The van der Waals surface area contributed by atoms with Gasteiger partial charge in [0.2, 0.25) is 0 Å². The number of carboxylic acids is 1. The average Bonchev–Trinajstić information content (AvgIpc) is 2.41. The lowest BCUT2D eigenvalue weighted by molar-refractivity contribution is 0.0693. The van der Waals surface area contributed by atoms with Gasteiger partial charge in [-0.1, -0.05) is 42.5 Å². The number of halogens is 1. The highest BCUT2D eigenvalue weighted by atomic mass is 79.9. The van der Waals surface area contributed by atoms with E-state index in [4.69, 9.17) is 5.11 Å². The van der Waals surface area contributed by atoms with Crippen LogP contribution in [-0.2, 0) is 0 Å². The maximum Gasteiger partial charge on any atom is 0.339 e. The normalized spacial score (nSPS) is 10.8. The molecular weight excluding hydrogens is 308 g/mol. The molecule has 3 nitrogen and oxygen atoms in total. The van der Waals surface area contributed by atoms with E-state index in [1.54, 1.807) is 12.1 Å². The van der Waals surface area contributed by atoms with Crippen LogP contribution in [0.15, 0.2) is 46.9 Å². The molecule has 0 atom stereocenters. The van der Waals surface area contributed by atoms with Crippen molar-refractivity contribution < 1.29 is 15.0 Å². The lowest BCUT2D eigenvalue weighted by Crippen LogP contribution is -1.97. The van der Waals surface area contributed by atoms with Gasteiger partial charge in [0.25, 0.3) is 0 Å². The molecule has 2 N–H and O–H groups in total. The molecular formula is C15H11BrO3. The molecule has 0 fully saturated rings. The molecule has 0 spiro atoms. The van der Waals surface area contributed by atoms with Crippen molar-refractivity contribution in [2.45, 2.75) is 0 Å². The monoisotopic (exact) mass is 318 g/mol. The Morgan fingerprint density at radius 1 is 1.05 bits per heavy atom. The van der Waals surface area contributed by atoms with Crippen LogP contribution < -0.4 is 0 Å². The highest BCUT2D eigenvalue weighted by molar-refractivity contribution is 9.10. The molecule has 0 heterocycles. The van der Waals surface area contributed by atoms with E-state index in [-0.39, 0.29) is 11.3 Å². The SMILES string of the molecule is O=C(O)c1cc(/C=C/c2ccccc2)cc(Br)c1O. The van der Waals surface area contributed by atoms with Crippen molar-refractivity contribution in [3.05, 3.63) is 63.6 Å². The van der Waals surface area contributed by atoms with Gasteiger partial charge in [-0.3, -0.25) is 0 Å². The van der Waals surface area contributed by atoms with Gasteiger partial charge < -0.3 is 10.2 Å². The fraction of sp³-hybridized carbons (Fsp3) is 0. The van der Waals surface area contributed by atoms with Crippen LogP contribution in [0.1, 0.15) is 21.5 Å². The summed E-state index contributed by atoms with van der Waals surface area (Å²) in [5, 5.41) is 18.6.